The normalized spacial score (nSPS) is 10.9. The second kappa shape index (κ2) is 5.50. The van der Waals surface area contributed by atoms with Crippen LogP contribution in [0.5, 0.6) is 0 Å². The van der Waals surface area contributed by atoms with Crippen molar-refractivity contribution in [3.8, 4) is 0 Å². The summed E-state index contributed by atoms with van der Waals surface area (Å²) < 4.78 is 31.9. The summed E-state index contributed by atoms with van der Waals surface area (Å²) in [5, 5.41) is 0. The molecule has 88 valence electrons. The second-order valence-electron chi connectivity index (χ2n) is 3.53. The molecule has 0 aliphatic carbocycles. The third-order valence-corrected chi connectivity index (χ3v) is 2.29. The molecule has 5 heteroatoms. The number of hydrogen-bond donors (Lipinski definition) is 0. The SMILES string of the molecule is CC(C)OCC(=O)c1c(F)cc(Br)cc1F. The van der Waals surface area contributed by atoms with E-state index in [2.05, 4.69) is 15.9 Å². The largest absolute Gasteiger partial charge is 0.371 e. The van der Waals surface area contributed by atoms with Crippen molar-refractivity contribution >= 4 is 21.7 Å². The van der Waals surface area contributed by atoms with Crippen LogP contribution in [-0.4, -0.2) is 18.5 Å². The summed E-state index contributed by atoms with van der Waals surface area (Å²) in [6, 6.07) is 2.09. The highest BCUT2D eigenvalue weighted by Gasteiger charge is 2.18. The molecule has 0 bridgehead atoms. The van der Waals surface area contributed by atoms with Crippen LogP contribution in [0.3, 0.4) is 0 Å². The van der Waals surface area contributed by atoms with Crippen LogP contribution in [-0.2, 0) is 4.74 Å². The third-order valence-electron chi connectivity index (χ3n) is 1.83. The Morgan fingerprint density at radius 2 is 1.88 bits per heavy atom. The zero-order valence-electron chi connectivity index (χ0n) is 8.89. The Morgan fingerprint density at radius 1 is 1.38 bits per heavy atom. The summed E-state index contributed by atoms with van der Waals surface area (Å²) in [7, 11) is 0. The van der Waals surface area contributed by atoms with Crippen LogP contribution >= 0.6 is 15.9 Å². The van der Waals surface area contributed by atoms with Crippen molar-refractivity contribution in [1.29, 1.82) is 0 Å². The maximum Gasteiger partial charge on any atom is 0.194 e. The molecular formula is C11H11BrF2O2. The molecule has 0 aliphatic rings. The predicted molar refractivity (Wildman–Crippen MR) is 59.5 cm³/mol. The van der Waals surface area contributed by atoms with Crippen molar-refractivity contribution in [3.05, 3.63) is 33.8 Å². The van der Waals surface area contributed by atoms with Crippen LogP contribution in [0.4, 0.5) is 8.78 Å². The summed E-state index contributed by atoms with van der Waals surface area (Å²) in [6.07, 6.45) is -0.162. The zero-order chi connectivity index (χ0) is 12.3. The number of benzene rings is 1. The molecule has 0 amide bonds. The molecule has 0 spiro atoms. The van der Waals surface area contributed by atoms with E-state index < -0.39 is 23.0 Å². The first-order valence-electron chi connectivity index (χ1n) is 4.71. The fourth-order valence-corrected chi connectivity index (χ4v) is 1.53. The van der Waals surface area contributed by atoms with Gasteiger partial charge in [-0.1, -0.05) is 15.9 Å². The van der Waals surface area contributed by atoms with E-state index in [1.54, 1.807) is 13.8 Å². The minimum atomic E-state index is -0.885. The van der Waals surface area contributed by atoms with Gasteiger partial charge in [-0.3, -0.25) is 4.79 Å². The van der Waals surface area contributed by atoms with Gasteiger partial charge in [0.15, 0.2) is 5.78 Å². The Hall–Kier alpha value is -0.810. The first-order valence-corrected chi connectivity index (χ1v) is 5.50. The third kappa shape index (κ3) is 3.35. The molecule has 0 aliphatic heterocycles. The first-order chi connectivity index (χ1) is 7.41. The first kappa shape index (κ1) is 13.3. The van der Waals surface area contributed by atoms with Crippen LogP contribution in [0.15, 0.2) is 16.6 Å². The van der Waals surface area contributed by atoms with E-state index in [4.69, 9.17) is 4.74 Å². The van der Waals surface area contributed by atoms with Crippen molar-refractivity contribution < 1.29 is 18.3 Å². The maximum atomic E-state index is 13.3. The van der Waals surface area contributed by atoms with Crippen LogP contribution in [0.25, 0.3) is 0 Å². The van der Waals surface area contributed by atoms with Gasteiger partial charge < -0.3 is 4.74 Å². The monoisotopic (exact) mass is 292 g/mol. The van der Waals surface area contributed by atoms with Gasteiger partial charge in [0.1, 0.15) is 18.2 Å². The number of Topliss-reactive ketones (excluding diaryl/α,β-unsaturated/α-hetero) is 1. The molecule has 0 radical (unpaired) electrons. The molecule has 2 nitrogen and oxygen atoms in total. The number of rotatable bonds is 4. The van der Waals surface area contributed by atoms with E-state index in [9.17, 15) is 13.6 Å². The van der Waals surface area contributed by atoms with E-state index in [0.29, 0.717) is 0 Å². The number of ether oxygens (including phenoxy) is 1. The van der Waals surface area contributed by atoms with Gasteiger partial charge in [-0.05, 0) is 26.0 Å². The number of carbonyl (C=O) groups is 1. The molecule has 16 heavy (non-hydrogen) atoms. The highest BCUT2D eigenvalue weighted by molar-refractivity contribution is 9.10. The zero-order valence-corrected chi connectivity index (χ0v) is 10.5. The standard InChI is InChI=1S/C11H11BrF2O2/c1-6(2)16-5-10(15)11-8(13)3-7(12)4-9(11)14/h3-4,6H,5H2,1-2H3. The van der Waals surface area contributed by atoms with Crippen molar-refractivity contribution in [3.63, 3.8) is 0 Å². The molecule has 0 aromatic heterocycles. The number of carbonyl (C=O) groups excluding carboxylic acids is 1. The summed E-state index contributed by atoms with van der Waals surface area (Å²) in [6.45, 7) is 3.15. The molecule has 0 atom stereocenters. The van der Waals surface area contributed by atoms with Crippen LogP contribution in [0.2, 0.25) is 0 Å². The average molecular weight is 293 g/mol. The lowest BCUT2D eigenvalue weighted by molar-refractivity contribution is 0.0577. The molecule has 0 saturated carbocycles. The van der Waals surface area contributed by atoms with E-state index >= 15 is 0 Å². The van der Waals surface area contributed by atoms with Gasteiger partial charge in [0.25, 0.3) is 0 Å². The summed E-state index contributed by atoms with van der Waals surface area (Å²) >= 11 is 2.94. The Labute approximate surface area is 101 Å². The lowest BCUT2D eigenvalue weighted by atomic mass is 10.1. The Bertz CT molecular complexity index is 382. The summed E-state index contributed by atoms with van der Waals surface area (Å²) in [5.41, 5.74) is -0.552. The summed E-state index contributed by atoms with van der Waals surface area (Å²) in [5.74, 6) is -2.47. The Morgan fingerprint density at radius 3 is 2.31 bits per heavy atom. The Balaban J connectivity index is 2.91. The van der Waals surface area contributed by atoms with Gasteiger partial charge >= 0.3 is 0 Å². The minimum Gasteiger partial charge on any atom is -0.371 e. The summed E-state index contributed by atoms with van der Waals surface area (Å²) in [4.78, 5) is 11.5. The molecule has 1 aromatic rings. The van der Waals surface area contributed by atoms with Gasteiger partial charge in [-0.15, -0.1) is 0 Å². The number of hydrogen-bond acceptors (Lipinski definition) is 2. The van der Waals surface area contributed by atoms with E-state index in [1.807, 2.05) is 0 Å². The minimum absolute atomic E-state index is 0.162. The molecule has 0 fully saturated rings. The fourth-order valence-electron chi connectivity index (χ4n) is 1.12. The van der Waals surface area contributed by atoms with Crippen molar-refractivity contribution in [2.24, 2.45) is 0 Å². The average Bonchev–Trinajstić information content (AvgIpc) is 2.12. The van der Waals surface area contributed by atoms with Crippen molar-refractivity contribution in [1.82, 2.24) is 0 Å². The molecule has 0 N–H and O–H groups in total. The molecule has 1 aromatic carbocycles. The smallest absolute Gasteiger partial charge is 0.194 e. The van der Waals surface area contributed by atoms with Gasteiger partial charge in [-0.2, -0.15) is 0 Å². The van der Waals surface area contributed by atoms with E-state index in [1.165, 1.54) is 0 Å². The highest BCUT2D eigenvalue weighted by Crippen LogP contribution is 2.20. The molecule has 0 saturated heterocycles. The van der Waals surface area contributed by atoms with Gasteiger partial charge in [0.05, 0.1) is 11.7 Å². The Kier molecular flexibility index (Phi) is 4.56. The maximum absolute atomic E-state index is 13.3. The van der Waals surface area contributed by atoms with Crippen LogP contribution in [0.1, 0.15) is 24.2 Å². The topological polar surface area (TPSA) is 26.3 Å². The highest BCUT2D eigenvalue weighted by atomic mass is 79.9. The fraction of sp³-hybridized carbons (Fsp3) is 0.364. The van der Waals surface area contributed by atoms with Gasteiger partial charge in [-0.25, -0.2) is 8.78 Å². The van der Waals surface area contributed by atoms with Crippen molar-refractivity contribution in [2.45, 2.75) is 20.0 Å². The molecule has 0 heterocycles. The lowest BCUT2D eigenvalue weighted by Crippen LogP contribution is -2.16. The number of halogens is 3. The molecule has 0 unspecified atom stereocenters. The number of ketones is 1. The second-order valence-corrected chi connectivity index (χ2v) is 4.44. The quantitative estimate of drug-likeness (QED) is 0.796. The van der Waals surface area contributed by atoms with Crippen LogP contribution < -0.4 is 0 Å². The molecular weight excluding hydrogens is 282 g/mol. The van der Waals surface area contributed by atoms with Crippen LogP contribution in [0, 0.1) is 11.6 Å². The van der Waals surface area contributed by atoms with Crippen molar-refractivity contribution in [2.75, 3.05) is 6.61 Å². The molecule has 1 rings (SSSR count). The van der Waals surface area contributed by atoms with Gasteiger partial charge in [0.2, 0.25) is 0 Å². The lowest BCUT2D eigenvalue weighted by Gasteiger charge is -2.08. The van der Waals surface area contributed by atoms with E-state index in [-0.39, 0.29) is 17.2 Å². The van der Waals surface area contributed by atoms with E-state index in [0.717, 1.165) is 12.1 Å². The van der Waals surface area contributed by atoms with Gasteiger partial charge in [0, 0.05) is 4.47 Å². The predicted octanol–water partition coefficient (Wildman–Crippen LogP) is 3.34.